The van der Waals surface area contributed by atoms with E-state index in [0.717, 1.165) is 17.5 Å². The quantitative estimate of drug-likeness (QED) is 0.342. The number of hydrogen-bond donors (Lipinski definition) is 2. The summed E-state index contributed by atoms with van der Waals surface area (Å²) < 4.78 is 24.5. The highest BCUT2D eigenvalue weighted by atomic mass is 32.2. The van der Waals surface area contributed by atoms with Crippen molar-refractivity contribution in [2.24, 2.45) is 15.3 Å². The molecule has 1 aromatic heterocycles. The highest BCUT2D eigenvalue weighted by Crippen LogP contribution is 2.17. The molecule has 0 atom stereocenters. The van der Waals surface area contributed by atoms with Gasteiger partial charge in [0.15, 0.2) is 0 Å². The van der Waals surface area contributed by atoms with Crippen LogP contribution in [0.4, 0.5) is 17.2 Å². The lowest BCUT2D eigenvalue weighted by Gasteiger charge is -2.03. The average Bonchev–Trinajstić information content (AvgIpc) is 2.73. The molecule has 10 heteroatoms. The number of carbonyl (C=O) groups excluding carboxylic acids is 1. The van der Waals surface area contributed by atoms with Gasteiger partial charge in [-0.05, 0) is 42.0 Å². The van der Waals surface area contributed by atoms with Gasteiger partial charge in [-0.2, -0.15) is 15.3 Å². The van der Waals surface area contributed by atoms with Crippen LogP contribution < -0.4 is 10.1 Å². The van der Waals surface area contributed by atoms with Gasteiger partial charge >= 0.3 is 0 Å². The second-order valence-electron chi connectivity index (χ2n) is 6.13. The molecule has 3 aromatic rings. The molecule has 1 amide bonds. The second-order valence-corrected chi connectivity index (χ2v) is 7.88. The largest absolute Gasteiger partial charge is 0.272 e. The van der Waals surface area contributed by atoms with Gasteiger partial charge in [-0.15, -0.1) is 0 Å². The fourth-order valence-corrected chi connectivity index (χ4v) is 2.75. The lowest BCUT2D eigenvalue weighted by atomic mass is 10.2. The molecule has 2 N–H and O–H groups in total. The Hall–Kier alpha value is -3.92. The van der Waals surface area contributed by atoms with Crippen molar-refractivity contribution < 1.29 is 13.2 Å². The van der Waals surface area contributed by atoms with Crippen LogP contribution in [0.2, 0.25) is 0 Å². The number of sulfonamides is 1. The molecule has 0 aliphatic carbocycles. The van der Waals surface area contributed by atoms with Crippen molar-refractivity contribution in [3.05, 3.63) is 84.1 Å². The first-order valence-corrected chi connectivity index (χ1v) is 10.6. The molecule has 0 saturated heterocycles. The van der Waals surface area contributed by atoms with E-state index in [4.69, 9.17) is 0 Å². The molecule has 0 fully saturated rings. The molecular formula is C20H18N6O3S. The number of rotatable bonds is 7. The van der Waals surface area contributed by atoms with Crippen LogP contribution in [0.3, 0.4) is 0 Å². The van der Waals surface area contributed by atoms with Crippen LogP contribution in [0.1, 0.15) is 15.9 Å². The van der Waals surface area contributed by atoms with E-state index < -0.39 is 15.9 Å². The zero-order valence-electron chi connectivity index (χ0n) is 15.9. The first-order valence-electron chi connectivity index (χ1n) is 8.73. The van der Waals surface area contributed by atoms with Crippen molar-refractivity contribution in [3.63, 3.8) is 0 Å². The number of aromatic nitrogens is 1. The van der Waals surface area contributed by atoms with Crippen molar-refractivity contribution >= 4 is 39.3 Å². The van der Waals surface area contributed by atoms with Crippen molar-refractivity contribution in [2.45, 2.75) is 0 Å². The topological polar surface area (TPSA) is 125 Å². The van der Waals surface area contributed by atoms with E-state index in [0.29, 0.717) is 5.69 Å². The number of azo groups is 1. The van der Waals surface area contributed by atoms with Crippen LogP contribution in [-0.2, 0) is 10.0 Å². The van der Waals surface area contributed by atoms with Gasteiger partial charge in [0.25, 0.3) is 5.91 Å². The van der Waals surface area contributed by atoms with Gasteiger partial charge in [-0.1, -0.05) is 30.3 Å². The zero-order valence-corrected chi connectivity index (χ0v) is 16.7. The maximum absolute atomic E-state index is 12.1. The van der Waals surface area contributed by atoms with Crippen LogP contribution in [0.25, 0.3) is 0 Å². The van der Waals surface area contributed by atoms with Crippen molar-refractivity contribution in [1.29, 1.82) is 0 Å². The van der Waals surface area contributed by atoms with Gasteiger partial charge in [0.05, 0.1) is 29.4 Å². The summed E-state index contributed by atoms with van der Waals surface area (Å²) in [5.41, 5.74) is 4.84. The Morgan fingerprint density at radius 2 is 1.60 bits per heavy atom. The van der Waals surface area contributed by atoms with Gasteiger partial charge in [0, 0.05) is 6.20 Å². The van der Waals surface area contributed by atoms with Crippen molar-refractivity contribution in [1.82, 2.24) is 10.4 Å². The standard InChI is InChI=1S/C20H18N6O3S/c1-30(28,29)26-19-12-9-16(14-21-19)20(27)25-22-13-15-7-10-18(11-8-15)24-23-17-5-3-2-4-6-17/h2-14H,1H3,(H,21,26)(H,25,27)/b22-13+,24-23?. The Morgan fingerprint density at radius 3 is 2.20 bits per heavy atom. The second kappa shape index (κ2) is 9.52. The van der Waals surface area contributed by atoms with E-state index in [-0.39, 0.29) is 11.4 Å². The molecule has 0 saturated carbocycles. The third-order valence-electron chi connectivity index (χ3n) is 3.63. The zero-order chi connectivity index (χ0) is 21.4. The molecule has 0 unspecified atom stereocenters. The third-order valence-corrected chi connectivity index (χ3v) is 4.21. The van der Waals surface area contributed by atoms with Crippen LogP contribution >= 0.6 is 0 Å². The highest BCUT2D eigenvalue weighted by Gasteiger charge is 2.07. The van der Waals surface area contributed by atoms with E-state index >= 15 is 0 Å². The predicted molar refractivity (Wildman–Crippen MR) is 115 cm³/mol. The maximum Gasteiger partial charge on any atom is 0.272 e. The monoisotopic (exact) mass is 422 g/mol. The molecule has 0 aliphatic heterocycles. The van der Waals surface area contributed by atoms with Crippen molar-refractivity contribution in [3.8, 4) is 0 Å². The number of pyridine rings is 1. The number of hydrogen-bond acceptors (Lipinski definition) is 7. The van der Waals surface area contributed by atoms with Crippen LogP contribution in [-0.4, -0.2) is 31.8 Å². The van der Waals surface area contributed by atoms with Crippen LogP contribution in [0.15, 0.2) is 88.3 Å². The first kappa shape index (κ1) is 20.8. The molecule has 3 rings (SSSR count). The molecule has 2 aromatic carbocycles. The Labute approximate surface area is 173 Å². The van der Waals surface area contributed by atoms with E-state index in [1.165, 1.54) is 24.5 Å². The minimum absolute atomic E-state index is 0.127. The number of benzene rings is 2. The first-order chi connectivity index (χ1) is 14.4. The lowest BCUT2D eigenvalue weighted by molar-refractivity contribution is 0.0955. The minimum Gasteiger partial charge on any atom is -0.268 e. The van der Waals surface area contributed by atoms with Gasteiger partial charge in [-0.25, -0.2) is 18.8 Å². The lowest BCUT2D eigenvalue weighted by Crippen LogP contribution is -2.18. The number of nitrogens with zero attached hydrogens (tertiary/aromatic N) is 4. The Kier molecular flexibility index (Phi) is 6.60. The molecule has 30 heavy (non-hydrogen) atoms. The minimum atomic E-state index is -3.43. The molecule has 0 aliphatic rings. The summed E-state index contributed by atoms with van der Waals surface area (Å²) in [6.45, 7) is 0. The summed E-state index contributed by atoms with van der Waals surface area (Å²) in [5, 5.41) is 12.2. The Bertz CT molecular complexity index is 1160. The normalized spacial score (nSPS) is 11.6. The molecule has 0 bridgehead atoms. The maximum atomic E-state index is 12.1. The molecular weight excluding hydrogens is 404 g/mol. The third kappa shape index (κ3) is 6.60. The van der Waals surface area contributed by atoms with E-state index in [2.05, 4.69) is 30.5 Å². The summed E-state index contributed by atoms with van der Waals surface area (Å²) in [7, 11) is -3.43. The van der Waals surface area contributed by atoms with Gasteiger partial charge in [-0.3, -0.25) is 9.52 Å². The van der Waals surface area contributed by atoms with Gasteiger partial charge in [0.1, 0.15) is 5.82 Å². The summed E-state index contributed by atoms with van der Waals surface area (Å²) in [6.07, 6.45) is 3.76. The molecule has 9 nitrogen and oxygen atoms in total. The fraction of sp³-hybridized carbons (Fsp3) is 0.0500. The van der Waals surface area contributed by atoms with Gasteiger partial charge in [0.2, 0.25) is 10.0 Å². The molecule has 0 spiro atoms. The van der Waals surface area contributed by atoms with E-state index in [1.54, 1.807) is 24.3 Å². The van der Waals surface area contributed by atoms with E-state index in [1.807, 2.05) is 30.3 Å². The van der Waals surface area contributed by atoms with E-state index in [9.17, 15) is 13.2 Å². The van der Waals surface area contributed by atoms with Gasteiger partial charge < -0.3 is 0 Å². The summed E-state index contributed by atoms with van der Waals surface area (Å²) >= 11 is 0. The summed E-state index contributed by atoms with van der Waals surface area (Å²) in [5.74, 6) is -0.347. The molecule has 152 valence electrons. The summed E-state index contributed by atoms with van der Waals surface area (Å²) in [4.78, 5) is 16.0. The Balaban J connectivity index is 1.54. The molecule has 0 radical (unpaired) electrons. The number of nitrogens with one attached hydrogen (secondary N) is 2. The number of hydrazone groups is 1. The Morgan fingerprint density at radius 1 is 0.933 bits per heavy atom. The van der Waals surface area contributed by atoms with Crippen LogP contribution in [0, 0.1) is 0 Å². The predicted octanol–water partition coefficient (Wildman–Crippen LogP) is 3.63. The number of anilines is 1. The average molecular weight is 422 g/mol. The highest BCUT2D eigenvalue weighted by molar-refractivity contribution is 7.92. The van der Waals surface area contributed by atoms with Crippen LogP contribution in [0.5, 0.6) is 0 Å². The fourth-order valence-electron chi connectivity index (χ4n) is 2.25. The smallest absolute Gasteiger partial charge is 0.268 e. The molecule has 1 heterocycles. The number of amides is 1. The summed E-state index contributed by atoms with van der Waals surface area (Å²) in [6, 6.07) is 19.4. The SMILES string of the molecule is CS(=O)(=O)Nc1ccc(C(=O)N/N=C/c2ccc(N=Nc3ccccc3)cc2)cn1. The van der Waals surface area contributed by atoms with Crippen molar-refractivity contribution in [2.75, 3.05) is 11.0 Å². The number of carbonyl (C=O) groups is 1.